The van der Waals surface area contributed by atoms with Crippen molar-refractivity contribution in [2.75, 3.05) is 39.3 Å². The fourth-order valence-corrected chi connectivity index (χ4v) is 3.43. The van der Waals surface area contributed by atoms with Gasteiger partial charge in [-0.1, -0.05) is 6.07 Å². The molecule has 10 heteroatoms. The van der Waals surface area contributed by atoms with Gasteiger partial charge in [-0.2, -0.15) is 13.2 Å². The van der Waals surface area contributed by atoms with Gasteiger partial charge in [0, 0.05) is 57.6 Å². The van der Waals surface area contributed by atoms with E-state index in [0.717, 1.165) is 24.5 Å². The number of guanidine groups is 1. The summed E-state index contributed by atoms with van der Waals surface area (Å²) in [6, 6.07) is 3.82. The van der Waals surface area contributed by atoms with Crippen molar-refractivity contribution in [3.63, 3.8) is 0 Å². The number of unbranched alkanes of at least 4 members (excludes halogenated alkanes) is 1. The molecule has 1 atom stereocenters. The van der Waals surface area contributed by atoms with E-state index in [-0.39, 0.29) is 29.5 Å². The average Bonchev–Trinajstić information content (AvgIpc) is 2.67. The first kappa shape index (κ1) is 26.7. The Balaban J connectivity index is 0.00000450. The highest BCUT2D eigenvalue weighted by atomic mass is 127. The predicted molar refractivity (Wildman–Crippen MR) is 125 cm³/mol. The van der Waals surface area contributed by atoms with E-state index in [1.807, 2.05) is 24.8 Å². The summed E-state index contributed by atoms with van der Waals surface area (Å²) in [6.07, 6.45) is -2.52. The molecule has 1 aromatic heterocycles. The summed E-state index contributed by atoms with van der Waals surface area (Å²) in [7, 11) is 0. The minimum absolute atomic E-state index is 0. The fraction of sp³-hybridized carbons (Fsp3) is 0.700. The lowest BCUT2D eigenvalue weighted by molar-refractivity contribution is -0.181. The highest BCUT2D eigenvalue weighted by Gasteiger charge is 2.41. The van der Waals surface area contributed by atoms with Crippen molar-refractivity contribution < 1.29 is 13.2 Å². The van der Waals surface area contributed by atoms with E-state index in [1.165, 1.54) is 11.8 Å². The third kappa shape index (κ3) is 7.75. The van der Waals surface area contributed by atoms with Crippen LogP contribution in [0.15, 0.2) is 28.0 Å². The molecule has 1 aliphatic rings. The summed E-state index contributed by atoms with van der Waals surface area (Å²) in [5.74, 6) is 0.750. The van der Waals surface area contributed by atoms with Gasteiger partial charge in [0.25, 0.3) is 5.56 Å². The number of aryl methyl sites for hydroxylation is 1. The number of piperazine rings is 1. The molecule has 0 aromatic carbocycles. The third-order valence-corrected chi connectivity index (χ3v) is 5.29. The Bertz CT molecular complexity index is 730. The van der Waals surface area contributed by atoms with Crippen LogP contribution in [0.3, 0.4) is 0 Å². The van der Waals surface area contributed by atoms with Crippen molar-refractivity contribution in [3.05, 3.63) is 34.2 Å². The Kier molecular flexibility index (Phi) is 11.2. The summed E-state index contributed by atoms with van der Waals surface area (Å²) in [5, 5.41) is 3.23. The Labute approximate surface area is 193 Å². The zero-order chi connectivity index (χ0) is 21.4. The summed E-state index contributed by atoms with van der Waals surface area (Å²) in [4.78, 5) is 20.0. The Morgan fingerprint density at radius 3 is 2.43 bits per heavy atom. The first-order chi connectivity index (χ1) is 13.7. The minimum Gasteiger partial charge on any atom is -0.357 e. The van der Waals surface area contributed by atoms with Gasteiger partial charge >= 0.3 is 6.18 Å². The van der Waals surface area contributed by atoms with Crippen LogP contribution >= 0.6 is 24.0 Å². The van der Waals surface area contributed by atoms with E-state index < -0.39 is 12.2 Å². The molecule has 6 nitrogen and oxygen atoms in total. The van der Waals surface area contributed by atoms with Gasteiger partial charge in [0.2, 0.25) is 0 Å². The van der Waals surface area contributed by atoms with Crippen molar-refractivity contribution in [1.82, 2.24) is 19.7 Å². The fourth-order valence-electron chi connectivity index (χ4n) is 3.43. The van der Waals surface area contributed by atoms with Gasteiger partial charge in [-0.05, 0) is 39.7 Å². The van der Waals surface area contributed by atoms with E-state index in [2.05, 4.69) is 10.3 Å². The van der Waals surface area contributed by atoms with Crippen LogP contribution in [0, 0.1) is 6.92 Å². The Morgan fingerprint density at radius 1 is 1.20 bits per heavy atom. The molecule has 2 rings (SSSR count). The summed E-state index contributed by atoms with van der Waals surface area (Å²) < 4.78 is 40.5. The van der Waals surface area contributed by atoms with Crippen molar-refractivity contribution in [3.8, 4) is 0 Å². The van der Waals surface area contributed by atoms with Gasteiger partial charge in [0.1, 0.15) is 6.04 Å². The van der Waals surface area contributed by atoms with Gasteiger partial charge in [-0.15, -0.1) is 24.0 Å². The average molecular weight is 543 g/mol. The molecule has 0 radical (unpaired) electrons. The number of aliphatic imine (C=N–C) groups is 1. The highest BCUT2D eigenvalue weighted by molar-refractivity contribution is 14.0. The molecule has 2 heterocycles. The van der Waals surface area contributed by atoms with Gasteiger partial charge in [0.15, 0.2) is 5.96 Å². The zero-order valence-electron chi connectivity index (χ0n) is 17.9. The van der Waals surface area contributed by atoms with Crippen LogP contribution in [0.5, 0.6) is 0 Å². The van der Waals surface area contributed by atoms with Crippen molar-refractivity contribution in [1.29, 1.82) is 0 Å². The molecule has 30 heavy (non-hydrogen) atoms. The normalized spacial score (nSPS) is 16.9. The van der Waals surface area contributed by atoms with Crippen molar-refractivity contribution in [2.24, 2.45) is 4.99 Å². The Hall–Kier alpha value is -1.30. The quantitative estimate of drug-likeness (QED) is 0.249. The van der Waals surface area contributed by atoms with E-state index in [9.17, 15) is 18.0 Å². The monoisotopic (exact) mass is 543 g/mol. The van der Waals surface area contributed by atoms with Crippen molar-refractivity contribution >= 4 is 29.9 Å². The third-order valence-electron chi connectivity index (χ3n) is 5.29. The molecule has 0 spiro atoms. The van der Waals surface area contributed by atoms with Crippen LogP contribution in [-0.2, 0) is 6.54 Å². The second-order valence-corrected chi connectivity index (χ2v) is 7.34. The van der Waals surface area contributed by atoms with E-state index >= 15 is 0 Å². The molecule has 0 aliphatic carbocycles. The molecule has 0 bridgehead atoms. The number of nitrogens with one attached hydrogen (secondary N) is 1. The minimum atomic E-state index is -4.19. The van der Waals surface area contributed by atoms with Gasteiger partial charge in [0.05, 0.1) is 0 Å². The molecule has 0 amide bonds. The van der Waals surface area contributed by atoms with Crippen LogP contribution in [0.4, 0.5) is 13.2 Å². The lowest BCUT2D eigenvalue weighted by Crippen LogP contribution is -2.56. The maximum atomic E-state index is 12.9. The maximum absolute atomic E-state index is 12.9. The standard InChI is InChI=1S/C20H32F3N5O.HI/c1-4-24-19(27-14-12-26(13-15-27)17(3)20(21,22)23)25-10-5-6-11-28-16(2)8-7-9-18(28)29;/h7-9,17H,4-6,10-15H2,1-3H3,(H,24,25);1H. The maximum Gasteiger partial charge on any atom is 0.403 e. The number of aromatic nitrogens is 1. The largest absolute Gasteiger partial charge is 0.403 e. The first-order valence-corrected chi connectivity index (χ1v) is 10.2. The number of pyridine rings is 1. The molecule has 0 saturated carbocycles. The summed E-state index contributed by atoms with van der Waals surface area (Å²) in [6.45, 7) is 8.85. The van der Waals surface area contributed by atoms with Crippen molar-refractivity contribution in [2.45, 2.75) is 52.4 Å². The predicted octanol–water partition coefficient (Wildman–Crippen LogP) is 3.09. The van der Waals surface area contributed by atoms with E-state index in [1.54, 1.807) is 16.7 Å². The summed E-state index contributed by atoms with van der Waals surface area (Å²) in [5.41, 5.74) is 0.952. The number of halogens is 4. The lowest BCUT2D eigenvalue weighted by Gasteiger charge is -2.39. The topological polar surface area (TPSA) is 52.9 Å². The van der Waals surface area contributed by atoms with E-state index in [0.29, 0.717) is 45.8 Å². The smallest absolute Gasteiger partial charge is 0.357 e. The lowest BCUT2D eigenvalue weighted by atomic mass is 10.2. The molecule has 1 unspecified atom stereocenters. The zero-order valence-corrected chi connectivity index (χ0v) is 20.2. The molecule has 172 valence electrons. The van der Waals surface area contributed by atoms with Crippen LogP contribution in [-0.4, -0.2) is 71.8 Å². The molecule has 1 fully saturated rings. The highest BCUT2D eigenvalue weighted by Crippen LogP contribution is 2.25. The molecule has 1 saturated heterocycles. The number of hydrogen-bond donors (Lipinski definition) is 1. The second-order valence-electron chi connectivity index (χ2n) is 7.34. The van der Waals surface area contributed by atoms with Crippen LogP contribution in [0.1, 0.15) is 32.4 Å². The van der Waals surface area contributed by atoms with Gasteiger partial charge in [-0.3, -0.25) is 14.7 Å². The molecule has 1 N–H and O–H groups in total. The molecule has 1 aliphatic heterocycles. The molecule has 1 aromatic rings. The van der Waals surface area contributed by atoms with Crippen LogP contribution in [0.25, 0.3) is 0 Å². The van der Waals surface area contributed by atoms with Gasteiger partial charge < -0.3 is 14.8 Å². The number of rotatable bonds is 7. The van der Waals surface area contributed by atoms with Crippen LogP contribution < -0.4 is 10.9 Å². The number of hydrogen-bond acceptors (Lipinski definition) is 3. The van der Waals surface area contributed by atoms with Gasteiger partial charge in [-0.25, -0.2) is 0 Å². The summed E-state index contributed by atoms with van der Waals surface area (Å²) >= 11 is 0. The molecular weight excluding hydrogens is 510 g/mol. The second kappa shape index (κ2) is 12.5. The molecular formula is C20H33F3IN5O. The van der Waals surface area contributed by atoms with E-state index in [4.69, 9.17) is 0 Å². The number of nitrogens with zero attached hydrogens (tertiary/aromatic N) is 4. The van der Waals surface area contributed by atoms with Crippen LogP contribution in [0.2, 0.25) is 0 Å². The first-order valence-electron chi connectivity index (χ1n) is 10.2. The Morgan fingerprint density at radius 2 is 1.87 bits per heavy atom. The SMILES string of the molecule is CCNC(=NCCCCn1c(C)cccc1=O)N1CCN(C(C)C(F)(F)F)CC1.I. The number of alkyl halides is 3.